The van der Waals surface area contributed by atoms with Crippen molar-refractivity contribution in [3.8, 4) is 22.6 Å². The van der Waals surface area contributed by atoms with Gasteiger partial charge in [0.05, 0.1) is 11.0 Å². The van der Waals surface area contributed by atoms with Crippen LogP contribution in [0.2, 0.25) is 0 Å². The SMILES string of the molecule is CCC(CC)CC(=O)Nc1nn(CCC(C)(C)O)c2ncc(-c3cc(F)c4c(c3)OCO4)cc12. The van der Waals surface area contributed by atoms with E-state index in [2.05, 4.69) is 29.2 Å². The minimum Gasteiger partial charge on any atom is -0.453 e. The van der Waals surface area contributed by atoms with Crippen LogP contribution in [0.5, 0.6) is 11.5 Å². The second-order valence-electron chi connectivity index (χ2n) is 9.36. The van der Waals surface area contributed by atoms with Crippen LogP contribution < -0.4 is 14.8 Å². The number of fused-ring (bicyclic) bond motifs is 2. The Hall–Kier alpha value is -3.20. The standard InChI is InChI=1S/C25H31FN4O4/c1-5-15(6-2)9-21(31)28-23-18-10-17(16-11-19(26)22-20(12-16)33-14-34-22)13-27-24(18)30(29-23)8-7-25(3,4)32/h10-13,15,32H,5-9,14H2,1-4H3,(H,28,29,31). The number of benzene rings is 1. The van der Waals surface area contributed by atoms with E-state index in [9.17, 15) is 14.3 Å². The maximum Gasteiger partial charge on any atom is 0.231 e. The minimum absolute atomic E-state index is 0.0202. The molecule has 0 atom stereocenters. The number of amides is 1. The Morgan fingerprint density at radius 1 is 1.24 bits per heavy atom. The molecule has 4 rings (SSSR count). The fraction of sp³-hybridized carbons (Fsp3) is 0.480. The van der Waals surface area contributed by atoms with Crippen molar-refractivity contribution in [3.05, 3.63) is 30.2 Å². The fourth-order valence-electron chi connectivity index (χ4n) is 4.00. The number of nitrogens with zero attached hydrogens (tertiary/aromatic N) is 3. The Morgan fingerprint density at radius 3 is 2.71 bits per heavy atom. The number of carbonyl (C=O) groups is 1. The molecule has 0 aliphatic carbocycles. The molecular formula is C25H31FN4O4. The molecule has 2 N–H and O–H groups in total. The molecule has 0 saturated heterocycles. The molecule has 8 nitrogen and oxygen atoms in total. The fourth-order valence-corrected chi connectivity index (χ4v) is 4.00. The summed E-state index contributed by atoms with van der Waals surface area (Å²) < 4.78 is 26.7. The van der Waals surface area contributed by atoms with Crippen molar-refractivity contribution in [1.29, 1.82) is 0 Å². The third-order valence-corrected chi connectivity index (χ3v) is 6.17. The molecule has 1 amide bonds. The van der Waals surface area contributed by atoms with E-state index in [0.29, 0.717) is 59.0 Å². The van der Waals surface area contributed by atoms with Crippen molar-refractivity contribution in [3.63, 3.8) is 0 Å². The van der Waals surface area contributed by atoms with E-state index >= 15 is 0 Å². The predicted octanol–water partition coefficient (Wildman–Crippen LogP) is 4.89. The molecule has 1 aliphatic heterocycles. The molecular weight excluding hydrogens is 439 g/mol. The number of rotatable bonds is 9. The quantitative estimate of drug-likeness (QED) is 0.462. The predicted molar refractivity (Wildman–Crippen MR) is 127 cm³/mol. The van der Waals surface area contributed by atoms with Crippen molar-refractivity contribution in [1.82, 2.24) is 14.8 Å². The van der Waals surface area contributed by atoms with Gasteiger partial charge in [-0.3, -0.25) is 4.79 Å². The summed E-state index contributed by atoms with van der Waals surface area (Å²) in [5, 5.41) is 18.3. The first kappa shape index (κ1) is 23.9. The lowest BCUT2D eigenvalue weighted by Crippen LogP contribution is -2.21. The van der Waals surface area contributed by atoms with Gasteiger partial charge in [0.1, 0.15) is 0 Å². The minimum atomic E-state index is -0.874. The third-order valence-electron chi connectivity index (χ3n) is 6.17. The molecule has 9 heteroatoms. The average Bonchev–Trinajstić information content (AvgIpc) is 3.40. The number of aromatic nitrogens is 3. The summed E-state index contributed by atoms with van der Waals surface area (Å²) in [6.45, 7) is 8.01. The number of pyridine rings is 1. The molecule has 1 aromatic carbocycles. The van der Waals surface area contributed by atoms with Gasteiger partial charge in [-0.05, 0) is 49.9 Å². The molecule has 1 aliphatic rings. The number of anilines is 1. The van der Waals surface area contributed by atoms with Gasteiger partial charge in [-0.1, -0.05) is 26.7 Å². The first-order valence-corrected chi connectivity index (χ1v) is 11.7. The topological polar surface area (TPSA) is 98.5 Å². The van der Waals surface area contributed by atoms with E-state index in [1.54, 1.807) is 30.8 Å². The zero-order valence-electron chi connectivity index (χ0n) is 20.0. The van der Waals surface area contributed by atoms with E-state index in [0.717, 1.165) is 12.8 Å². The van der Waals surface area contributed by atoms with Crippen LogP contribution in [0.1, 0.15) is 53.4 Å². The van der Waals surface area contributed by atoms with Crippen LogP contribution >= 0.6 is 0 Å². The molecule has 0 spiro atoms. The van der Waals surface area contributed by atoms with Gasteiger partial charge >= 0.3 is 0 Å². The summed E-state index contributed by atoms with van der Waals surface area (Å²) >= 11 is 0. The van der Waals surface area contributed by atoms with Crippen molar-refractivity contribution in [2.24, 2.45) is 5.92 Å². The van der Waals surface area contributed by atoms with Crippen molar-refractivity contribution in [2.45, 2.75) is 65.5 Å². The lowest BCUT2D eigenvalue weighted by molar-refractivity contribution is -0.117. The summed E-state index contributed by atoms with van der Waals surface area (Å²) in [6.07, 6.45) is 4.35. The van der Waals surface area contributed by atoms with E-state index in [4.69, 9.17) is 9.47 Å². The second kappa shape index (κ2) is 9.58. The van der Waals surface area contributed by atoms with E-state index in [1.165, 1.54) is 6.07 Å². The molecule has 3 aromatic rings. The zero-order chi connectivity index (χ0) is 24.5. The van der Waals surface area contributed by atoms with Gasteiger partial charge in [-0.2, -0.15) is 5.10 Å². The highest BCUT2D eigenvalue weighted by Gasteiger charge is 2.22. The van der Waals surface area contributed by atoms with Gasteiger partial charge in [0, 0.05) is 24.7 Å². The van der Waals surface area contributed by atoms with Gasteiger partial charge in [-0.15, -0.1) is 0 Å². The van der Waals surface area contributed by atoms with Crippen molar-refractivity contribution in [2.75, 3.05) is 12.1 Å². The Bertz CT molecular complexity index is 1200. The number of nitrogens with one attached hydrogen (secondary N) is 1. The van der Waals surface area contributed by atoms with Gasteiger partial charge in [0.15, 0.2) is 23.0 Å². The zero-order valence-corrected chi connectivity index (χ0v) is 20.0. The Labute approximate surface area is 198 Å². The molecule has 0 fully saturated rings. The summed E-state index contributed by atoms with van der Waals surface area (Å²) in [5.41, 5.74) is 0.935. The first-order valence-electron chi connectivity index (χ1n) is 11.7. The van der Waals surface area contributed by atoms with Crippen molar-refractivity contribution < 1.29 is 23.8 Å². The van der Waals surface area contributed by atoms with Gasteiger partial charge in [0.2, 0.25) is 18.4 Å². The van der Waals surface area contributed by atoms with E-state index in [-0.39, 0.29) is 18.4 Å². The third kappa shape index (κ3) is 5.14. The molecule has 0 unspecified atom stereocenters. The number of aryl methyl sites for hydroxylation is 1. The Balaban J connectivity index is 1.72. The lowest BCUT2D eigenvalue weighted by Gasteiger charge is -2.16. The Morgan fingerprint density at radius 2 is 2.00 bits per heavy atom. The molecule has 2 aromatic heterocycles. The van der Waals surface area contributed by atoms with Gasteiger partial charge in [0.25, 0.3) is 0 Å². The number of halogens is 1. The number of carbonyl (C=O) groups excluding carboxylic acids is 1. The van der Waals surface area contributed by atoms with Gasteiger partial charge in [-0.25, -0.2) is 14.1 Å². The van der Waals surface area contributed by atoms with E-state index < -0.39 is 11.4 Å². The lowest BCUT2D eigenvalue weighted by atomic mass is 9.99. The van der Waals surface area contributed by atoms with Crippen LogP contribution in [0.25, 0.3) is 22.2 Å². The monoisotopic (exact) mass is 470 g/mol. The maximum atomic E-state index is 14.5. The van der Waals surface area contributed by atoms with Crippen LogP contribution in [0, 0.1) is 11.7 Å². The van der Waals surface area contributed by atoms with Crippen molar-refractivity contribution >= 4 is 22.8 Å². The molecule has 0 saturated carbocycles. The molecule has 0 radical (unpaired) electrons. The maximum absolute atomic E-state index is 14.5. The molecule has 182 valence electrons. The normalized spacial score (nSPS) is 13.1. The molecule has 3 heterocycles. The second-order valence-corrected chi connectivity index (χ2v) is 9.36. The van der Waals surface area contributed by atoms with Crippen LogP contribution in [0.4, 0.5) is 10.2 Å². The molecule has 34 heavy (non-hydrogen) atoms. The van der Waals surface area contributed by atoms with Crippen LogP contribution in [-0.4, -0.2) is 38.2 Å². The largest absolute Gasteiger partial charge is 0.453 e. The summed E-state index contributed by atoms with van der Waals surface area (Å²) in [6, 6.07) is 4.92. The van der Waals surface area contributed by atoms with Crippen LogP contribution in [0.15, 0.2) is 24.4 Å². The highest BCUT2D eigenvalue weighted by Crippen LogP contribution is 2.39. The number of ether oxygens (including phenoxy) is 2. The molecule has 0 bridgehead atoms. The number of hydrogen-bond donors (Lipinski definition) is 2. The Kier molecular flexibility index (Phi) is 6.74. The van der Waals surface area contributed by atoms with Gasteiger partial charge < -0.3 is 19.9 Å². The van der Waals surface area contributed by atoms with E-state index in [1.807, 2.05) is 6.07 Å². The van der Waals surface area contributed by atoms with Crippen LogP contribution in [0.3, 0.4) is 0 Å². The highest BCUT2D eigenvalue weighted by atomic mass is 19.1. The number of hydrogen-bond acceptors (Lipinski definition) is 6. The summed E-state index contributed by atoms with van der Waals surface area (Å²) in [4.78, 5) is 17.3. The highest BCUT2D eigenvalue weighted by molar-refractivity contribution is 6.00. The van der Waals surface area contributed by atoms with Crippen LogP contribution in [-0.2, 0) is 11.3 Å². The number of aliphatic hydroxyl groups is 1. The summed E-state index contributed by atoms with van der Waals surface area (Å²) in [5.74, 6) is 0.527. The smallest absolute Gasteiger partial charge is 0.231 e. The average molecular weight is 471 g/mol. The summed E-state index contributed by atoms with van der Waals surface area (Å²) in [7, 11) is 0. The first-order chi connectivity index (χ1) is 16.2.